The molecule has 0 aliphatic carbocycles. The van der Waals surface area contributed by atoms with Crippen LogP contribution in [0.4, 0.5) is 0 Å². The molecule has 82 valence electrons. The Morgan fingerprint density at radius 1 is 1.27 bits per heavy atom. The molecule has 0 saturated heterocycles. The summed E-state index contributed by atoms with van der Waals surface area (Å²) in [6, 6.07) is 4.86. The Kier molecular flexibility index (Phi) is 4.71. The van der Waals surface area contributed by atoms with Crippen LogP contribution in [0.2, 0.25) is 0 Å². The second-order valence-corrected chi connectivity index (χ2v) is 3.36. The van der Waals surface area contributed by atoms with Crippen molar-refractivity contribution in [2.45, 2.75) is 19.9 Å². The fourth-order valence-electron chi connectivity index (χ4n) is 1.26. The molecule has 3 nitrogen and oxygen atoms in total. The van der Waals surface area contributed by atoms with Crippen LogP contribution in [0.1, 0.15) is 18.9 Å². The number of allylic oxidation sites excluding steroid dienone is 1. The average molecular weight is 207 g/mol. The van der Waals surface area contributed by atoms with Crippen molar-refractivity contribution in [3.63, 3.8) is 0 Å². The van der Waals surface area contributed by atoms with E-state index in [0.29, 0.717) is 6.54 Å². The van der Waals surface area contributed by atoms with E-state index in [1.165, 1.54) is 6.07 Å². The molecule has 0 amide bonds. The van der Waals surface area contributed by atoms with Crippen LogP contribution in [0, 0.1) is 0 Å². The monoisotopic (exact) mass is 207 g/mol. The maximum Gasteiger partial charge on any atom is 0.157 e. The van der Waals surface area contributed by atoms with Crippen molar-refractivity contribution in [3.05, 3.63) is 35.9 Å². The maximum atomic E-state index is 9.25. The zero-order chi connectivity index (χ0) is 11.1. The Labute approximate surface area is 90.1 Å². The molecule has 0 atom stereocenters. The van der Waals surface area contributed by atoms with E-state index in [1.807, 2.05) is 13.0 Å². The van der Waals surface area contributed by atoms with Gasteiger partial charge in [0.25, 0.3) is 0 Å². The van der Waals surface area contributed by atoms with Crippen LogP contribution < -0.4 is 5.32 Å². The van der Waals surface area contributed by atoms with Gasteiger partial charge in [0.05, 0.1) is 0 Å². The van der Waals surface area contributed by atoms with Gasteiger partial charge in [-0.3, -0.25) is 0 Å². The summed E-state index contributed by atoms with van der Waals surface area (Å²) >= 11 is 0. The van der Waals surface area contributed by atoms with Crippen molar-refractivity contribution in [1.29, 1.82) is 0 Å². The summed E-state index contributed by atoms with van der Waals surface area (Å²) in [6.45, 7) is 3.61. The van der Waals surface area contributed by atoms with Gasteiger partial charge in [-0.15, -0.1) is 0 Å². The summed E-state index contributed by atoms with van der Waals surface area (Å²) < 4.78 is 0. The highest BCUT2D eigenvalue weighted by Gasteiger charge is 1.99. The first kappa shape index (κ1) is 11.6. The van der Waals surface area contributed by atoms with Crippen molar-refractivity contribution in [3.8, 4) is 11.5 Å². The quantitative estimate of drug-likeness (QED) is 0.394. The third-order valence-electron chi connectivity index (χ3n) is 2.09. The third kappa shape index (κ3) is 4.04. The Bertz CT molecular complexity index is 334. The van der Waals surface area contributed by atoms with Crippen molar-refractivity contribution in [2.24, 2.45) is 0 Å². The third-order valence-corrected chi connectivity index (χ3v) is 2.09. The molecule has 1 aromatic rings. The van der Waals surface area contributed by atoms with Gasteiger partial charge in [0.1, 0.15) is 0 Å². The standard InChI is InChI=1S/C12H17NO2/c1-2-3-4-7-13-9-10-5-6-11(14)12(15)8-10/h2-3,5-6,8,13-15H,4,7,9H2,1H3/b3-2+. The van der Waals surface area contributed by atoms with Crippen molar-refractivity contribution >= 4 is 0 Å². The Morgan fingerprint density at radius 2 is 2.07 bits per heavy atom. The second-order valence-electron chi connectivity index (χ2n) is 3.36. The van der Waals surface area contributed by atoms with Gasteiger partial charge >= 0.3 is 0 Å². The predicted octanol–water partition coefficient (Wildman–Crippen LogP) is 2.15. The average Bonchev–Trinajstić information content (AvgIpc) is 2.23. The lowest BCUT2D eigenvalue weighted by Crippen LogP contribution is -2.13. The van der Waals surface area contributed by atoms with Gasteiger partial charge in [0.15, 0.2) is 11.5 Å². The van der Waals surface area contributed by atoms with Crippen LogP contribution in [0.5, 0.6) is 11.5 Å². The van der Waals surface area contributed by atoms with E-state index in [4.69, 9.17) is 5.11 Å². The first-order valence-corrected chi connectivity index (χ1v) is 5.06. The molecule has 0 bridgehead atoms. The first-order valence-electron chi connectivity index (χ1n) is 5.06. The fourth-order valence-corrected chi connectivity index (χ4v) is 1.26. The Hall–Kier alpha value is -1.48. The highest BCUT2D eigenvalue weighted by Crippen LogP contribution is 2.24. The van der Waals surface area contributed by atoms with Crippen LogP contribution in [-0.2, 0) is 6.54 Å². The molecule has 1 aromatic carbocycles. The Balaban J connectivity index is 2.34. The van der Waals surface area contributed by atoms with Gasteiger partial charge in [-0.2, -0.15) is 0 Å². The van der Waals surface area contributed by atoms with E-state index in [-0.39, 0.29) is 11.5 Å². The minimum atomic E-state index is -0.0762. The minimum Gasteiger partial charge on any atom is -0.504 e. The van der Waals surface area contributed by atoms with E-state index in [9.17, 15) is 5.11 Å². The zero-order valence-electron chi connectivity index (χ0n) is 8.90. The van der Waals surface area contributed by atoms with Gasteiger partial charge in [-0.1, -0.05) is 18.2 Å². The van der Waals surface area contributed by atoms with Gasteiger partial charge in [0, 0.05) is 6.54 Å². The van der Waals surface area contributed by atoms with E-state index < -0.39 is 0 Å². The van der Waals surface area contributed by atoms with Crippen molar-refractivity contribution in [1.82, 2.24) is 5.32 Å². The molecule has 0 unspecified atom stereocenters. The number of rotatable bonds is 5. The van der Waals surface area contributed by atoms with Crippen LogP contribution in [0.3, 0.4) is 0 Å². The summed E-state index contributed by atoms with van der Waals surface area (Å²) in [5.74, 6) is -0.143. The zero-order valence-corrected chi connectivity index (χ0v) is 8.90. The smallest absolute Gasteiger partial charge is 0.157 e. The van der Waals surface area contributed by atoms with Crippen molar-refractivity contribution in [2.75, 3.05) is 6.54 Å². The van der Waals surface area contributed by atoms with Gasteiger partial charge < -0.3 is 15.5 Å². The molecule has 0 spiro atoms. The van der Waals surface area contributed by atoms with E-state index >= 15 is 0 Å². The molecule has 1 rings (SSSR count). The van der Waals surface area contributed by atoms with Gasteiger partial charge in [0.2, 0.25) is 0 Å². The fraction of sp³-hybridized carbons (Fsp3) is 0.333. The molecule has 15 heavy (non-hydrogen) atoms. The lowest BCUT2D eigenvalue weighted by molar-refractivity contribution is 0.403. The Morgan fingerprint density at radius 3 is 2.73 bits per heavy atom. The molecule has 3 N–H and O–H groups in total. The highest BCUT2D eigenvalue weighted by molar-refractivity contribution is 5.40. The first-order chi connectivity index (χ1) is 7.24. The summed E-state index contributed by atoms with van der Waals surface area (Å²) in [5, 5.41) is 21.6. The lowest BCUT2D eigenvalue weighted by Gasteiger charge is -2.04. The minimum absolute atomic E-state index is 0.0669. The molecule has 0 heterocycles. The van der Waals surface area contributed by atoms with Crippen LogP contribution in [0.15, 0.2) is 30.4 Å². The number of hydrogen-bond donors (Lipinski definition) is 3. The largest absolute Gasteiger partial charge is 0.504 e. The van der Waals surface area contributed by atoms with E-state index in [0.717, 1.165) is 18.5 Å². The van der Waals surface area contributed by atoms with Crippen LogP contribution in [-0.4, -0.2) is 16.8 Å². The lowest BCUT2D eigenvalue weighted by atomic mass is 10.2. The predicted molar refractivity (Wildman–Crippen MR) is 60.9 cm³/mol. The van der Waals surface area contributed by atoms with Gasteiger partial charge in [-0.05, 0) is 37.6 Å². The molecule has 0 radical (unpaired) electrons. The second kappa shape index (κ2) is 6.09. The molecule has 3 heteroatoms. The number of aromatic hydroxyl groups is 2. The summed E-state index contributed by atoms with van der Waals surface area (Å²) in [7, 11) is 0. The van der Waals surface area contributed by atoms with E-state index in [1.54, 1.807) is 12.1 Å². The molecule has 0 saturated carbocycles. The summed E-state index contributed by atoms with van der Waals surface area (Å²) in [5.41, 5.74) is 0.964. The van der Waals surface area contributed by atoms with E-state index in [2.05, 4.69) is 11.4 Å². The van der Waals surface area contributed by atoms with Crippen LogP contribution in [0.25, 0.3) is 0 Å². The molecule has 0 aliphatic rings. The number of phenols is 2. The molecule has 0 aliphatic heterocycles. The normalized spacial score (nSPS) is 11.0. The molecular formula is C12H17NO2. The number of nitrogens with one attached hydrogen (secondary N) is 1. The number of phenolic OH excluding ortho intramolecular Hbond substituents is 2. The van der Waals surface area contributed by atoms with Crippen LogP contribution >= 0.6 is 0 Å². The SMILES string of the molecule is C/C=C/CCNCc1ccc(O)c(O)c1. The number of benzene rings is 1. The van der Waals surface area contributed by atoms with Gasteiger partial charge in [-0.25, -0.2) is 0 Å². The highest BCUT2D eigenvalue weighted by atomic mass is 16.3. The molecule has 0 fully saturated rings. The topological polar surface area (TPSA) is 52.5 Å². The van der Waals surface area contributed by atoms with Crippen molar-refractivity contribution < 1.29 is 10.2 Å². The molecule has 0 aromatic heterocycles. The number of hydrogen-bond acceptors (Lipinski definition) is 3. The summed E-state index contributed by atoms with van der Waals surface area (Å²) in [6.07, 6.45) is 5.12. The molecular weight excluding hydrogens is 190 g/mol. The maximum absolute atomic E-state index is 9.25. The summed E-state index contributed by atoms with van der Waals surface area (Å²) in [4.78, 5) is 0.